The van der Waals surface area contributed by atoms with Crippen LogP contribution in [0.3, 0.4) is 0 Å². The van der Waals surface area contributed by atoms with Gasteiger partial charge in [-0.1, -0.05) is 66.2 Å². The zero-order chi connectivity index (χ0) is 13.7. The van der Waals surface area contributed by atoms with Crippen molar-refractivity contribution in [2.24, 2.45) is 5.92 Å². The number of nitro groups is 1. The van der Waals surface area contributed by atoms with Crippen LogP contribution in [-0.2, 0) is 6.42 Å². The molecule has 0 bridgehead atoms. The summed E-state index contributed by atoms with van der Waals surface area (Å²) in [6, 6.07) is 7.07. The average molecular weight is 326 g/mol. The maximum Gasteiger partial charge on any atom is 0.272 e. The number of alkyl halides is 1. The molecule has 0 radical (unpaired) electrons. The molecule has 0 amide bonds. The van der Waals surface area contributed by atoms with Crippen LogP contribution in [0.25, 0.3) is 0 Å². The van der Waals surface area contributed by atoms with Gasteiger partial charge in [-0.15, -0.1) is 0 Å². The summed E-state index contributed by atoms with van der Waals surface area (Å²) in [5.41, 5.74) is 1.08. The van der Waals surface area contributed by atoms with Gasteiger partial charge in [0.05, 0.1) is 4.92 Å². The highest BCUT2D eigenvalue weighted by Crippen LogP contribution is 2.31. The molecule has 1 atom stereocenters. The van der Waals surface area contributed by atoms with E-state index in [0.717, 1.165) is 24.3 Å². The van der Waals surface area contributed by atoms with Crippen LogP contribution in [-0.4, -0.2) is 9.75 Å². The maximum absolute atomic E-state index is 11.0. The van der Waals surface area contributed by atoms with E-state index in [2.05, 4.69) is 15.9 Å². The van der Waals surface area contributed by atoms with Crippen LogP contribution in [0.5, 0.6) is 0 Å². The van der Waals surface area contributed by atoms with Gasteiger partial charge in [0, 0.05) is 16.5 Å². The molecule has 19 heavy (non-hydrogen) atoms. The van der Waals surface area contributed by atoms with Crippen molar-refractivity contribution in [2.75, 3.05) is 0 Å². The quantitative estimate of drug-likeness (QED) is 0.440. The summed E-state index contributed by atoms with van der Waals surface area (Å²) in [6.07, 6.45) is 8.57. The fourth-order valence-corrected chi connectivity index (χ4v) is 3.85. The highest BCUT2D eigenvalue weighted by Gasteiger charge is 2.20. The Labute approximate surface area is 122 Å². The Bertz CT molecular complexity index is 430. The molecule has 1 fully saturated rings. The summed E-state index contributed by atoms with van der Waals surface area (Å²) >= 11 is 3.71. The van der Waals surface area contributed by atoms with E-state index in [9.17, 15) is 10.1 Å². The van der Waals surface area contributed by atoms with Crippen molar-refractivity contribution < 1.29 is 4.92 Å². The Morgan fingerprint density at radius 2 is 1.95 bits per heavy atom. The van der Waals surface area contributed by atoms with Gasteiger partial charge in [-0.3, -0.25) is 10.1 Å². The molecule has 2 rings (SSSR count). The molecule has 1 aliphatic carbocycles. The maximum atomic E-state index is 11.0. The van der Waals surface area contributed by atoms with Crippen molar-refractivity contribution >= 4 is 21.6 Å². The summed E-state index contributed by atoms with van der Waals surface area (Å²) in [5.74, 6) is 0.792. The largest absolute Gasteiger partial charge is 0.272 e. The Morgan fingerprint density at radius 3 is 2.63 bits per heavy atom. The summed E-state index contributed by atoms with van der Waals surface area (Å²) < 4.78 is 0. The van der Waals surface area contributed by atoms with Crippen molar-refractivity contribution in [2.45, 2.75) is 49.8 Å². The first-order valence-corrected chi connectivity index (χ1v) is 7.94. The number of rotatable bonds is 5. The van der Waals surface area contributed by atoms with Crippen molar-refractivity contribution in [3.8, 4) is 0 Å². The fourth-order valence-electron chi connectivity index (χ4n) is 2.97. The van der Waals surface area contributed by atoms with Crippen LogP contribution >= 0.6 is 15.9 Å². The molecule has 0 heterocycles. The smallest absolute Gasteiger partial charge is 0.258 e. The molecule has 0 saturated heterocycles. The molecule has 0 aromatic heterocycles. The van der Waals surface area contributed by atoms with Gasteiger partial charge in [0.1, 0.15) is 0 Å². The third kappa shape index (κ3) is 4.30. The Hall–Kier alpha value is -0.900. The van der Waals surface area contributed by atoms with E-state index in [1.54, 1.807) is 12.1 Å². The summed E-state index contributed by atoms with van der Waals surface area (Å²) in [5, 5.41) is 11.0. The van der Waals surface area contributed by atoms with E-state index in [4.69, 9.17) is 0 Å². The second kappa shape index (κ2) is 7.04. The first-order chi connectivity index (χ1) is 9.16. The number of nitrogens with zero attached hydrogens (tertiary/aromatic N) is 1. The van der Waals surface area contributed by atoms with Crippen LogP contribution in [0, 0.1) is 16.0 Å². The normalized spacial score (nSPS) is 18.2. The van der Waals surface area contributed by atoms with Crippen molar-refractivity contribution in [3.63, 3.8) is 0 Å². The van der Waals surface area contributed by atoms with Crippen molar-refractivity contribution in [1.82, 2.24) is 0 Å². The van der Waals surface area contributed by atoms with Gasteiger partial charge in [0.2, 0.25) is 0 Å². The van der Waals surface area contributed by atoms with Gasteiger partial charge in [-0.2, -0.15) is 0 Å². The third-order valence-electron chi connectivity index (χ3n) is 3.94. The van der Waals surface area contributed by atoms with Gasteiger partial charge in [0.25, 0.3) is 5.69 Å². The second-order valence-electron chi connectivity index (χ2n) is 5.43. The highest BCUT2D eigenvalue weighted by molar-refractivity contribution is 9.09. The summed E-state index contributed by atoms with van der Waals surface area (Å²) in [4.78, 5) is 11.0. The second-order valence-corrected chi connectivity index (χ2v) is 6.72. The topological polar surface area (TPSA) is 43.1 Å². The van der Waals surface area contributed by atoms with Gasteiger partial charge in [-0.05, 0) is 18.8 Å². The average Bonchev–Trinajstić information content (AvgIpc) is 2.40. The molecule has 104 valence electrons. The number of hydrogen-bond acceptors (Lipinski definition) is 2. The Balaban J connectivity index is 1.94. The van der Waals surface area contributed by atoms with Crippen molar-refractivity contribution in [1.29, 1.82) is 0 Å². The Morgan fingerprint density at radius 1 is 1.26 bits per heavy atom. The van der Waals surface area contributed by atoms with E-state index < -0.39 is 0 Å². The number of halogens is 1. The highest BCUT2D eigenvalue weighted by atomic mass is 79.9. The first kappa shape index (κ1) is 14.5. The van der Waals surface area contributed by atoms with Crippen molar-refractivity contribution in [3.05, 3.63) is 39.9 Å². The molecule has 1 aliphatic rings. The van der Waals surface area contributed by atoms with Crippen LogP contribution in [0.2, 0.25) is 0 Å². The van der Waals surface area contributed by atoms with Crippen LogP contribution in [0.15, 0.2) is 24.3 Å². The number of benzene rings is 1. The molecule has 0 spiro atoms. The lowest BCUT2D eigenvalue weighted by atomic mass is 9.85. The first-order valence-electron chi connectivity index (χ1n) is 7.03. The molecule has 4 heteroatoms. The molecular weight excluding hydrogens is 306 g/mol. The lowest BCUT2D eigenvalue weighted by molar-refractivity contribution is -0.385. The molecule has 0 aliphatic heterocycles. The van der Waals surface area contributed by atoms with Crippen LogP contribution in [0.1, 0.15) is 44.1 Å². The van der Waals surface area contributed by atoms with Gasteiger partial charge in [-0.25, -0.2) is 0 Å². The Kier molecular flexibility index (Phi) is 5.37. The molecule has 0 N–H and O–H groups in total. The minimum absolute atomic E-state index is 0.246. The lowest BCUT2D eigenvalue weighted by Gasteiger charge is -2.23. The fraction of sp³-hybridized carbons (Fsp3) is 0.600. The van der Waals surface area contributed by atoms with E-state index in [0.29, 0.717) is 4.83 Å². The standard InChI is InChI=1S/C15H20BrNO2/c16-14(10-12-6-2-1-3-7-12)11-13-8-4-5-9-15(13)17(18)19/h4-5,8-9,12,14H,1-3,6-7,10-11H2. The molecule has 1 saturated carbocycles. The zero-order valence-electron chi connectivity index (χ0n) is 11.1. The number of para-hydroxylation sites is 1. The molecular formula is C15H20BrNO2. The van der Waals surface area contributed by atoms with Gasteiger partial charge >= 0.3 is 0 Å². The van der Waals surface area contributed by atoms with Gasteiger partial charge < -0.3 is 0 Å². The molecule has 1 aromatic carbocycles. The lowest BCUT2D eigenvalue weighted by Crippen LogP contribution is -2.14. The minimum Gasteiger partial charge on any atom is -0.258 e. The van der Waals surface area contributed by atoms with E-state index in [-0.39, 0.29) is 10.6 Å². The van der Waals surface area contributed by atoms with E-state index in [1.165, 1.54) is 32.1 Å². The van der Waals surface area contributed by atoms with Gasteiger partial charge in [0.15, 0.2) is 0 Å². The number of nitro benzene ring substituents is 1. The predicted octanol–water partition coefficient (Wildman–Crippen LogP) is 4.87. The van der Waals surface area contributed by atoms with E-state index >= 15 is 0 Å². The van der Waals surface area contributed by atoms with Crippen LogP contribution < -0.4 is 0 Å². The minimum atomic E-state index is -0.282. The molecule has 1 aromatic rings. The summed E-state index contributed by atoms with van der Waals surface area (Å²) in [6.45, 7) is 0. The third-order valence-corrected chi connectivity index (χ3v) is 4.64. The zero-order valence-corrected chi connectivity index (χ0v) is 12.6. The molecule has 1 unspecified atom stereocenters. The molecule has 3 nitrogen and oxygen atoms in total. The van der Waals surface area contributed by atoms with Crippen LogP contribution in [0.4, 0.5) is 5.69 Å². The number of hydrogen-bond donors (Lipinski definition) is 0. The SMILES string of the molecule is O=[N+]([O-])c1ccccc1CC(Br)CC1CCCCC1. The van der Waals surface area contributed by atoms with E-state index in [1.807, 2.05) is 12.1 Å². The predicted molar refractivity (Wildman–Crippen MR) is 80.7 cm³/mol. The monoisotopic (exact) mass is 325 g/mol. The summed E-state index contributed by atoms with van der Waals surface area (Å²) in [7, 11) is 0.